The van der Waals surface area contributed by atoms with Crippen molar-refractivity contribution in [2.45, 2.75) is 11.3 Å². The van der Waals surface area contributed by atoms with E-state index >= 15 is 0 Å². The van der Waals surface area contributed by atoms with Gasteiger partial charge in [-0.3, -0.25) is 0 Å². The molecule has 0 atom stereocenters. The molecule has 0 aliphatic rings. The average molecular weight is 269 g/mol. The Morgan fingerprint density at radius 3 is 2.89 bits per heavy atom. The summed E-state index contributed by atoms with van der Waals surface area (Å²) in [7, 11) is -3.64. The summed E-state index contributed by atoms with van der Waals surface area (Å²) in [6.45, 7) is 0.139. The third-order valence-electron chi connectivity index (χ3n) is 2.17. The lowest BCUT2D eigenvalue weighted by Crippen LogP contribution is -2.26. The van der Waals surface area contributed by atoms with Crippen molar-refractivity contribution in [1.82, 2.24) is 14.9 Å². The van der Waals surface area contributed by atoms with Gasteiger partial charge in [-0.25, -0.2) is 13.1 Å². The number of nitrogens with zero attached hydrogens (tertiary/aromatic N) is 2. The van der Waals surface area contributed by atoms with Gasteiger partial charge in [-0.2, -0.15) is 4.98 Å². The number of hydrogen-bond donors (Lipinski definition) is 2. The Hall–Kier alpha value is -1.93. The fraction of sp³-hybridized carbons (Fsp3) is 0.200. The Morgan fingerprint density at radius 1 is 1.39 bits per heavy atom. The van der Waals surface area contributed by atoms with E-state index in [0.29, 0.717) is 12.3 Å². The molecule has 7 nitrogen and oxygen atoms in total. The maximum Gasteiger partial charge on any atom is 0.240 e. The summed E-state index contributed by atoms with van der Waals surface area (Å²) in [6, 6.07) is 5.43. The summed E-state index contributed by atoms with van der Waals surface area (Å²) in [5, 5.41) is 12.6. The van der Waals surface area contributed by atoms with Gasteiger partial charge >= 0.3 is 0 Å². The number of benzene rings is 1. The van der Waals surface area contributed by atoms with Gasteiger partial charge in [0.1, 0.15) is 5.75 Å². The molecule has 0 saturated carbocycles. The Labute approximate surface area is 104 Å². The number of sulfonamides is 1. The highest BCUT2D eigenvalue weighted by Crippen LogP contribution is 2.15. The van der Waals surface area contributed by atoms with Crippen molar-refractivity contribution in [2.24, 2.45) is 0 Å². The zero-order chi connectivity index (χ0) is 13.0. The number of aromatic hydroxyl groups is 1. The first-order valence-electron chi connectivity index (χ1n) is 5.12. The molecule has 2 N–H and O–H groups in total. The molecule has 0 unspecified atom stereocenters. The molecule has 1 heterocycles. The zero-order valence-electron chi connectivity index (χ0n) is 9.28. The van der Waals surface area contributed by atoms with Crippen LogP contribution < -0.4 is 4.72 Å². The standard InChI is InChI=1S/C10H11N3O4S/c14-8-2-1-3-9(6-8)18(15,16)13-5-4-10-11-7-12-17-10/h1-3,6-7,13-14H,4-5H2. The maximum absolute atomic E-state index is 11.8. The lowest BCUT2D eigenvalue weighted by Gasteiger charge is -2.05. The molecular formula is C10H11N3O4S. The minimum atomic E-state index is -3.64. The molecule has 0 saturated heterocycles. The monoisotopic (exact) mass is 269 g/mol. The van der Waals surface area contributed by atoms with E-state index in [1.165, 1.54) is 30.6 Å². The molecule has 8 heteroatoms. The van der Waals surface area contributed by atoms with Gasteiger partial charge in [0.05, 0.1) is 4.90 Å². The van der Waals surface area contributed by atoms with Crippen LogP contribution in [0.15, 0.2) is 40.0 Å². The van der Waals surface area contributed by atoms with E-state index in [1.54, 1.807) is 0 Å². The summed E-state index contributed by atoms with van der Waals surface area (Å²) >= 11 is 0. The summed E-state index contributed by atoms with van der Waals surface area (Å²) in [4.78, 5) is 3.78. The number of hydrogen-bond acceptors (Lipinski definition) is 6. The van der Waals surface area contributed by atoms with Crippen LogP contribution in [0.2, 0.25) is 0 Å². The first kappa shape index (κ1) is 12.5. The van der Waals surface area contributed by atoms with E-state index in [2.05, 4.69) is 14.9 Å². The molecule has 0 radical (unpaired) electrons. The fourth-order valence-electron chi connectivity index (χ4n) is 1.33. The summed E-state index contributed by atoms with van der Waals surface area (Å²) in [6.07, 6.45) is 1.55. The van der Waals surface area contributed by atoms with Crippen LogP contribution in [0.4, 0.5) is 0 Å². The largest absolute Gasteiger partial charge is 0.508 e. The van der Waals surface area contributed by atoms with Crippen LogP contribution in [-0.2, 0) is 16.4 Å². The van der Waals surface area contributed by atoms with Crippen LogP contribution >= 0.6 is 0 Å². The fourth-order valence-corrected chi connectivity index (χ4v) is 2.40. The van der Waals surface area contributed by atoms with Crippen LogP contribution in [0.25, 0.3) is 0 Å². The Kier molecular flexibility index (Phi) is 3.58. The molecule has 2 aromatic rings. The molecule has 96 valence electrons. The molecule has 0 aliphatic carbocycles. The Morgan fingerprint density at radius 2 is 2.22 bits per heavy atom. The predicted octanol–water partition coefficient (Wildman–Crippen LogP) is 0.296. The number of phenols is 1. The third kappa shape index (κ3) is 3.05. The van der Waals surface area contributed by atoms with Crippen molar-refractivity contribution < 1.29 is 18.0 Å². The third-order valence-corrected chi connectivity index (χ3v) is 3.62. The van der Waals surface area contributed by atoms with Gasteiger partial charge in [-0.05, 0) is 18.2 Å². The maximum atomic E-state index is 11.8. The van der Waals surface area contributed by atoms with Crippen LogP contribution in [-0.4, -0.2) is 30.2 Å². The molecule has 0 bridgehead atoms. The topological polar surface area (TPSA) is 105 Å². The first-order valence-corrected chi connectivity index (χ1v) is 6.60. The Bertz CT molecular complexity index is 610. The number of aromatic nitrogens is 2. The highest BCUT2D eigenvalue weighted by atomic mass is 32.2. The normalized spacial score (nSPS) is 11.6. The molecule has 1 aromatic heterocycles. The number of rotatable bonds is 5. The molecule has 0 amide bonds. The van der Waals surface area contributed by atoms with Crippen LogP contribution in [0.5, 0.6) is 5.75 Å². The smallest absolute Gasteiger partial charge is 0.240 e. The zero-order valence-corrected chi connectivity index (χ0v) is 10.1. The lowest BCUT2D eigenvalue weighted by atomic mass is 10.3. The van der Waals surface area contributed by atoms with E-state index in [4.69, 9.17) is 4.52 Å². The van der Waals surface area contributed by atoms with Crippen molar-refractivity contribution in [3.8, 4) is 5.75 Å². The van der Waals surface area contributed by atoms with Gasteiger partial charge < -0.3 is 9.63 Å². The molecule has 18 heavy (non-hydrogen) atoms. The molecule has 0 aliphatic heterocycles. The minimum absolute atomic E-state index is 0.00743. The van der Waals surface area contributed by atoms with Crippen LogP contribution in [0, 0.1) is 0 Å². The highest BCUT2D eigenvalue weighted by molar-refractivity contribution is 7.89. The van der Waals surface area contributed by atoms with E-state index < -0.39 is 10.0 Å². The summed E-state index contributed by atoms with van der Waals surface area (Å²) in [5.41, 5.74) is 0. The van der Waals surface area contributed by atoms with Crippen molar-refractivity contribution in [3.63, 3.8) is 0 Å². The predicted molar refractivity (Wildman–Crippen MR) is 61.3 cm³/mol. The highest BCUT2D eigenvalue weighted by Gasteiger charge is 2.14. The molecule has 0 spiro atoms. The van der Waals surface area contributed by atoms with E-state index in [0.717, 1.165) is 0 Å². The Balaban J connectivity index is 1.99. The lowest BCUT2D eigenvalue weighted by molar-refractivity contribution is 0.377. The van der Waals surface area contributed by atoms with Crippen molar-refractivity contribution in [2.75, 3.05) is 6.54 Å². The van der Waals surface area contributed by atoms with E-state index in [9.17, 15) is 13.5 Å². The summed E-state index contributed by atoms with van der Waals surface area (Å²) < 4.78 is 30.8. The van der Waals surface area contributed by atoms with E-state index in [-0.39, 0.29) is 17.2 Å². The molecule has 2 rings (SSSR count). The van der Waals surface area contributed by atoms with Crippen molar-refractivity contribution in [1.29, 1.82) is 0 Å². The van der Waals surface area contributed by atoms with Crippen LogP contribution in [0.1, 0.15) is 5.89 Å². The second kappa shape index (κ2) is 5.15. The van der Waals surface area contributed by atoms with Gasteiger partial charge in [-0.15, -0.1) is 0 Å². The van der Waals surface area contributed by atoms with Gasteiger partial charge in [-0.1, -0.05) is 11.2 Å². The molecule has 0 fully saturated rings. The second-order valence-corrected chi connectivity index (χ2v) is 5.25. The van der Waals surface area contributed by atoms with Crippen LogP contribution in [0.3, 0.4) is 0 Å². The quantitative estimate of drug-likeness (QED) is 0.808. The molecular weight excluding hydrogens is 258 g/mol. The first-order chi connectivity index (χ1) is 8.58. The second-order valence-electron chi connectivity index (χ2n) is 3.48. The number of nitrogens with one attached hydrogen (secondary N) is 1. The van der Waals surface area contributed by atoms with Crippen molar-refractivity contribution in [3.05, 3.63) is 36.5 Å². The SMILES string of the molecule is O=S(=O)(NCCc1ncno1)c1cccc(O)c1. The number of phenolic OH excluding ortho intramolecular Hbond substituents is 1. The average Bonchev–Trinajstić information content (AvgIpc) is 2.82. The van der Waals surface area contributed by atoms with Crippen molar-refractivity contribution >= 4 is 10.0 Å². The van der Waals surface area contributed by atoms with Gasteiger partial charge in [0.25, 0.3) is 0 Å². The van der Waals surface area contributed by atoms with Gasteiger partial charge in [0.15, 0.2) is 6.33 Å². The van der Waals surface area contributed by atoms with Gasteiger partial charge in [0, 0.05) is 13.0 Å². The van der Waals surface area contributed by atoms with Gasteiger partial charge in [0.2, 0.25) is 15.9 Å². The van der Waals surface area contributed by atoms with E-state index in [1.807, 2.05) is 0 Å². The summed E-state index contributed by atoms with van der Waals surface area (Å²) in [5.74, 6) is 0.253. The minimum Gasteiger partial charge on any atom is -0.508 e. The molecule has 1 aromatic carbocycles.